The van der Waals surface area contributed by atoms with Crippen LogP contribution in [0.4, 0.5) is 0 Å². The molecule has 27 heavy (non-hydrogen) atoms. The van der Waals surface area contributed by atoms with Gasteiger partial charge in [0.05, 0.1) is 12.1 Å². The number of halogens is 1. The van der Waals surface area contributed by atoms with Gasteiger partial charge in [0, 0.05) is 37.7 Å². The third kappa shape index (κ3) is 5.55. The molecule has 0 radical (unpaired) electrons. The smallest absolute Gasteiger partial charge is 0.237 e. The zero-order chi connectivity index (χ0) is 19.2. The zero-order valence-electron chi connectivity index (χ0n) is 16.1. The van der Waals surface area contributed by atoms with Gasteiger partial charge in [-0.3, -0.25) is 14.6 Å². The first-order valence-electron chi connectivity index (χ1n) is 9.59. The molecular formula is C22H28ClN3O. The molecule has 2 aromatic rings. The number of hydrogen-bond acceptors (Lipinski definition) is 3. The second-order valence-electron chi connectivity index (χ2n) is 7.26. The van der Waals surface area contributed by atoms with Gasteiger partial charge in [0.2, 0.25) is 5.91 Å². The van der Waals surface area contributed by atoms with Crippen LogP contribution in [-0.4, -0.2) is 47.9 Å². The van der Waals surface area contributed by atoms with Crippen LogP contribution in [0.15, 0.2) is 54.6 Å². The Bertz CT molecular complexity index is 727. The topological polar surface area (TPSA) is 35.6 Å². The zero-order valence-corrected chi connectivity index (χ0v) is 16.8. The second-order valence-corrected chi connectivity index (χ2v) is 7.69. The lowest BCUT2D eigenvalue weighted by Crippen LogP contribution is -2.53. The molecule has 0 bridgehead atoms. The highest BCUT2D eigenvalue weighted by Crippen LogP contribution is 2.15. The number of hydrogen-bond donors (Lipinski definition) is 1. The number of nitrogens with zero attached hydrogens (tertiary/aromatic N) is 2. The Labute approximate surface area is 167 Å². The molecule has 2 atom stereocenters. The first-order valence-corrected chi connectivity index (χ1v) is 9.97. The predicted molar refractivity (Wildman–Crippen MR) is 111 cm³/mol. The molecule has 0 aliphatic carbocycles. The van der Waals surface area contributed by atoms with Crippen LogP contribution in [0.25, 0.3) is 0 Å². The first-order chi connectivity index (χ1) is 13.0. The molecule has 1 fully saturated rings. The summed E-state index contributed by atoms with van der Waals surface area (Å²) in [5, 5.41) is 3.91. The van der Waals surface area contributed by atoms with E-state index in [2.05, 4.69) is 27.2 Å². The van der Waals surface area contributed by atoms with E-state index < -0.39 is 0 Å². The Morgan fingerprint density at radius 2 is 1.63 bits per heavy atom. The number of rotatable bonds is 6. The highest BCUT2D eigenvalue weighted by molar-refractivity contribution is 6.30. The molecule has 1 aliphatic rings. The van der Waals surface area contributed by atoms with E-state index in [1.165, 1.54) is 5.56 Å². The Balaban J connectivity index is 1.46. The SMILES string of the molecule is C[C@H](NC(=O)[C@@H](C)N1CCN(Cc2ccc(Cl)cc2)CC1)c1ccccc1. The van der Waals surface area contributed by atoms with Gasteiger partial charge in [-0.05, 0) is 37.1 Å². The van der Waals surface area contributed by atoms with Crippen LogP contribution >= 0.6 is 11.6 Å². The molecule has 0 unspecified atom stereocenters. The van der Waals surface area contributed by atoms with E-state index in [1.807, 2.05) is 56.3 Å². The summed E-state index contributed by atoms with van der Waals surface area (Å²) >= 11 is 5.95. The summed E-state index contributed by atoms with van der Waals surface area (Å²) in [5.41, 5.74) is 2.40. The summed E-state index contributed by atoms with van der Waals surface area (Å²) in [5.74, 6) is 0.0949. The van der Waals surface area contributed by atoms with Crippen LogP contribution in [0, 0.1) is 0 Å². The number of carbonyl (C=O) groups excluding carboxylic acids is 1. The van der Waals surface area contributed by atoms with Gasteiger partial charge in [0.25, 0.3) is 0 Å². The van der Waals surface area contributed by atoms with Crippen LogP contribution in [0.1, 0.15) is 31.0 Å². The molecular weight excluding hydrogens is 358 g/mol. The average Bonchev–Trinajstić information content (AvgIpc) is 2.70. The molecule has 0 saturated carbocycles. The summed E-state index contributed by atoms with van der Waals surface area (Å²) in [6, 6.07) is 18.0. The van der Waals surface area contributed by atoms with Gasteiger partial charge in [-0.15, -0.1) is 0 Å². The van der Waals surface area contributed by atoms with Crippen LogP contribution in [0.2, 0.25) is 5.02 Å². The van der Waals surface area contributed by atoms with Crippen LogP contribution in [-0.2, 0) is 11.3 Å². The standard InChI is InChI=1S/C22H28ClN3O/c1-17(20-6-4-3-5-7-20)24-22(27)18(2)26-14-12-25(13-15-26)16-19-8-10-21(23)11-9-19/h3-11,17-18H,12-16H2,1-2H3,(H,24,27)/t17-,18+/m0/s1. The van der Waals surface area contributed by atoms with Gasteiger partial charge in [0.1, 0.15) is 0 Å². The third-order valence-electron chi connectivity index (χ3n) is 5.31. The summed E-state index contributed by atoms with van der Waals surface area (Å²) in [7, 11) is 0. The van der Waals surface area contributed by atoms with E-state index in [-0.39, 0.29) is 18.0 Å². The Morgan fingerprint density at radius 3 is 2.26 bits per heavy atom. The van der Waals surface area contributed by atoms with Crippen molar-refractivity contribution < 1.29 is 4.79 Å². The summed E-state index contributed by atoms with van der Waals surface area (Å²) < 4.78 is 0. The van der Waals surface area contributed by atoms with Crippen molar-refractivity contribution in [3.8, 4) is 0 Å². The lowest BCUT2D eigenvalue weighted by molar-refractivity contribution is -0.127. The summed E-state index contributed by atoms with van der Waals surface area (Å²) in [6.45, 7) is 8.70. The fraction of sp³-hybridized carbons (Fsp3) is 0.409. The maximum absolute atomic E-state index is 12.7. The molecule has 144 valence electrons. The van der Waals surface area contributed by atoms with Crippen LogP contribution in [0.5, 0.6) is 0 Å². The lowest BCUT2D eigenvalue weighted by Gasteiger charge is -2.37. The van der Waals surface area contributed by atoms with Gasteiger partial charge >= 0.3 is 0 Å². The van der Waals surface area contributed by atoms with E-state index in [1.54, 1.807) is 0 Å². The van der Waals surface area contributed by atoms with Crippen molar-refractivity contribution in [3.05, 3.63) is 70.7 Å². The first kappa shape index (κ1) is 19.9. The fourth-order valence-corrected chi connectivity index (χ4v) is 3.61. The lowest BCUT2D eigenvalue weighted by atomic mass is 10.1. The number of nitrogens with one attached hydrogen (secondary N) is 1. The predicted octanol–water partition coefficient (Wildman–Crippen LogP) is 3.72. The minimum absolute atomic E-state index is 0.0207. The average molecular weight is 386 g/mol. The number of benzene rings is 2. The van der Waals surface area contributed by atoms with Crippen molar-refractivity contribution in [3.63, 3.8) is 0 Å². The van der Waals surface area contributed by atoms with Gasteiger partial charge in [-0.2, -0.15) is 0 Å². The minimum Gasteiger partial charge on any atom is -0.348 e. The minimum atomic E-state index is -0.117. The van der Waals surface area contributed by atoms with E-state index in [0.29, 0.717) is 0 Å². The van der Waals surface area contributed by atoms with Crippen LogP contribution < -0.4 is 5.32 Å². The molecule has 1 amide bonds. The fourth-order valence-electron chi connectivity index (χ4n) is 3.48. The molecule has 1 N–H and O–H groups in total. The van der Waals surface area contributed by atoms with Gasteiger partial charge in [0.15, 0.2) is 0 Å². The third-order valence-corrected chi connectivity index (χ3v) is 5.56. The molecule has 1 aliphatic heterocycles. The Kier molecular flexibility index (Phi) is 6.89. The second kappa shape index (κ2) is 9.36. The van der Waals surface area contributed by atoms with Crippen molar-refractivity contribution in [2.24, 2.45) is 0 Å². The number of carbonyl (C=O) groups is 1. The molecule has 4 nitrogen and oxygen atoms in total. The largest absolute Gasteiger partial charge is 0.348 e. The Hall–Kier alpha value is -1.88. The monoisotopic (exact) mass is 385 g/mol. The van der Waals surface area contributed by atoms with E-state index in [4.69, 9.17) is 11.6 Å². The van der Waals surface area contributed by atoms with E-state index in [0.717, 1.165) is 43.3 Å². The quantitative estimate of drug-likeness (QED) is 0.823. The number of piperazine rings is 1. The van der Waals surface area contributed by atoms with Crippen molar-refractivity contribution in [1.82, 2.24) is 15.1 Å². The molecule has 0 aromatic heterocycles. The van der Waals surface area contributed by atoms with Crippen LogP contribution in [0.3, 0.4) is 0 Å². The van der Waals surface area contributed by atoms with E-state index >= 15 is 0 Å². The van der Waals surface area contributed by atoms with Crippen molar-refractivity contribution in [1.29, 1.82) is 0 Å². The van der Waals surface area contributed by atoms with Gasteiger partial charge in [-0.25, -0.2) is 0 Å². The molecule has 3 rings (SSSR count). The maximum Gasteiger partial charge on any atom is 0.237 e. The Morgan fingerprint density at radius 1 is 1.00 bits per heavy atom. The van der Waals surface area contributed by atoms with Crippen molar-refractivity contribution >= 4 is 17.5 Å². The number of amides is 1. The summed E-state index contributed by atoms with van der Waals surface area (Å²) in [6.07, 6.45) is 0. The molecule has 5 heteroatoms. The molecule has 2 aromatic carbocycles. The van der Waals surface area contributed by atoms with Gasteiger partial charge < -0.3 is 5.32 Å². The van der Waals surface area contributed by atoms with Gasteiger partial charge in [-0.1, -0.05) is 54.1 Å². The normalized spacial score (nSPS) is 18.0. The van der Waals surface area contributed by atoms with E-state index in [9.17, 15) is 4.79 Å². The molecule has 1 saturated heterocycles. The molecule has 0 spiro atoms. The summed E-state index contributed by atoms with van der Waals surface area (Å²) in [4.78, 5) is 17.3. The maximum atomic E-state index is 12.7. The van der Waals surface area contributed by atoms with Crippen molar-refractivity contribution in [2.75, 3.05) is 26.2 Å². The highest BCUT2D eigenvalue weighted by atomic mass is 35.5. The molecule has 1 heterocycles. The van der Waals surface area contributed by atoms with Crippen molar-refractivity contribution in [2.45, 2.75) is 32.5 Å². The highest BCUT2D eigenvalue weighted by Gasteiger charge is 2.26.